The summed E-state index contributed by atoms with van der Waals surface area (Å²) in [6.45, 7) is 5.59. The summed E-state index contributed by atoms with van der Waals surface area (Å²) in [6, 6.07) is 13.5. The van der Waals surface area contributed by atoms with Crippen LogP contribution in [0, 0.1) is 5.82 Å². The lowest BCUT2D eigenvalue weighted by molar-refractivity contribution is 0.291. The number of fused-ring (bicyclic) bond motifs is 3. The Morgan fingerprint density at radius 1 is 0.655 bits per heavy atom. The molecule has 0 atom stereocenters. The molecule has 0 aliphatic heterocycles. The number of benzene rings is 3. The maximum Gasteiger partial charge on any atom is 0.172 e. The highest BCUT2D eigenvalue weighted by Gasteiger charge is 2.11. The second-order valence-corrected chi connectivity index (χ2v) is 7.74. The van der Waals surface area contributed by atoms with Gasteiger partial charge in [0.2, 0.25) is 0 Å². The minimum absolute atomic E-state index is 0.265. The van der Waals surface area contributed by atoms with E-state index in [9.17, 15) is 0 Å². The Labute approximate surface area is 174 Å². The molecule has 2 nitrogen and oxygen atoms in total. The molecular formula is C26H33FO2. The highest BCUT2D eigenvalue weighted by molar-refractivity contribution is 6.08. The van der Waals surface area contributed by atoms with Crippen molar-refractivity contribution in [2.24, 2.45) is 0 Å². The molecule has 3 rings (SSSR count). The normalized spacial score (nSPS) is 11.3. The Bertz CT molecular complexity index is 919. The average molecular weight is 397 g/mol. The van der Waals surface area contributed by atoms with Crippen molar-refractivity contribution in [3.05, 3.63) is 48.3 Å². The fourth-order valence-corrected chi connectivity index (χ4v) is 3.73. The molecule has 0 saturated carbocycles. The van der Waals surface area contributed by atoms with E-state index >= 15 is 4.39 Å². The number of rotatable bonds is 12. The fraction of sp³-hybridized carbons (Fsp3) is 0.462. The van der Waals surface area contributed by atoms with Crippen LogP contribution >= 0.6 is 0 Å². The lowest BCUT2D eigenvalue weighted by atomic mass is 10.0. The van der Waals surface area contributed by atoms with E-state index in [1.807, 2.05) is 36.4 Å². The van der Waals surface area contributed by atoms with Gasteiger partial charge in [-0.1, -0.05) is 70.6 Å². The first-order chi connectivity index (χ1) is 14.2. The molecule has 0 aromatic heterocycles. The van der Waals surface area contributed by atoms with Crippen LogP contribution in [0.5, 0.6) is 11.5 Å². The Hall–Kier alpha value is -2.29. The van der Waals surface area contributed by atoms with E-state index in [1.165, 1.54) is 32.1 Å². The third-order valence-corrected chi connectivity index (χ3v) is 5.37. The lowest BCUT2D eigenvalue weighted by Crippen LogP contribution is -2.00. The highest BCUT2D eigenvalue weighted by atomic mass is 19.1. The number of halogens is 1. The summed E-state index contributed by atoms with van der Waals surface area (Å²) < 4.78 is 26.5. The molecule has 0 fully saturated rings. The van der Waals surface area contributed by atoms with Crippen LogP contribution in [0.15, 0.2) is 42.5 Å². The zero-order valence-electron chi connectivity index (χ0n) is 17.8. The number of hydrogen-bond donors (Lipinski definition) is 0. The Balaban J connectivity index is 1.65. The van der Waals surface area contributed by atoms with Gasteiger partial charge in [0.1, 0.15) is 5.75 Å². The number of hydrogen-bond acceptors (Lipinski definition) is 2. The van der Waals surface area contributed by atoms with Crippen LogP contribution in [-0.2, 0) is 0 Å². The Morgan fingerprint density at radius 2 is 1.38 bits per heavy atom. The summed E-state index contributed by atoms with van der Waals surface area (Å²) in [5.41, 5.74) is 0. The van der Waals surface area contributed by atoms with Gasteiger partial charge in [-0.2, -0.15) is 0 Å². The van der Waals surface area contributed by atoms with Gasteiger partial charge in [-0.3, -0.25) is 0 Å². The van der Waals surface area contributed by atoms with Crippen LogP contribution in [0.2, 0.25) is 0 Å². The predicted molar refractivity (Wildman–Crippen MR) is 121 cm³/mol. The summed E-state index contributed by atoms with van der Waals surface area (Å²) in [5, 5.41) is 3.60. The smallest absolute Gasteiger partial charge is 0.172 e. The van der Waals surface area contributed by atoms with Crippen molar-refractivity contribution < 1.29 is 13.9 Å². The highest BCUT2D eigenvalue weighted by Crippen LogP contribution is 2.33. The van der Waals surface area contributed by atoms with Crippen molar-refractivity contribution in [2.45, 2.75) is 65.2 Å². The molecule has 0 heterocycles. The molecule has 3 aromatic carbocycles. The SMILES string of the molecule is CCCCCCCCCOc1ccc2c(ccc3cc(OCCC)ccc32)c1F. The standard InChI is InChI=1S/C26H33FO2/c1-3-5-6-7-8-9-10-18-29-25-16-15-23-22-14-12-21(28-17-4-2)19-20(22)11-13-24(23)26(25)27/h11-16,19H,3-10,17-18H2,1-2H3. The summed E-state index contributed by atoms with van der Waals surface area (Å²) in [6.07, 6.45) is 9.53. The Morgan fingerprint density at radius 3 is 2.17 bits per heavy atom. The first-order valence-corrected chi connectivity index (χ1v) is 11.1. The predicted octanol–water partition coefficient (Wildman–Crippen LogP) is 8.05. The van der Waals surface area contributed by atoms with E-state index in [1.54, 1.807) is 6.07 Å². The van der Waals surface area contributed by atoms with Crippen LogP contribution in [0.25, 0.3) is 21.5 Å². The fourth-order valence-electron chi connectivity index (χ4n) is 3.73. The van der Waals surface area contributed by atoms with Crippen LogP contribution in [-0.4, -0.2) is 13.2 Å². The summed E-state index contributed by atoms with van der Waals surface area (Å²) in [4.78, 5) is 0. The molecule has 0 aliphatic carbocycles. The maximum absolute atomic E-state index is 15.0. The zero-order valence-corrected chi connectivity index (χ0v) is 17.8. The molecule has 0 radical (unpaired) electrons. The van der Waals surface area contributed by atoms with Crippen molar-refractivity contribution in [1.29, 1.82) is 0 Å². The van der Waals surface area contributed by atoms with E-state index in [0.717, 1.165) is 41.2 Å². The van der Waals surface area contributed by atoms with Crippen LogP contribution in [0.4, 0.5) is 4.39 Å². The molecule has 0 aliphatic rings. The third-order valence-electron chi connectivity index (χ3n) is 5.37. The minimum atomic E-state index is -0.265. The number of unbranched alkanes of at least 4 members (excludes halogenated alkanes) is 6. The van der Waals surface area contributed by atoms with Crippen LogP contribution < -0.4 is 9.47 Å². The first kappa shape index (κ1) is 21.4. The van der Waals surface area contributed by atoms with Crippen molar-refractivity contribution in [3.8, 4) is 11.5 Å². The Kier molecular flexibility index (Phi) is 8.15. The molecule has 0 N–H and O–H groups in total. The van der Waals surface area contributed by atoms with Gasteiger partial charge < -0.3 is 9.47 Å². The van der Waals surface area contributed by atoms with Gasteiger partial charge in [-0.25, -0.2) is 4.39 Å². The minimum Gasteiger partial charge on any atom is -0.494 e. The first-order valence-electron chi connectivity index (χ1n) is 11.1. The molecule has 0 bridgehead atoms. The summed E-state index contributed by atoms with van der Waals surface area (Å²) in [7, 11) is 0. The van der Waals surface area contributed by atoms with Gasteiger partial charge in [0, 0.05) is 5.39 Å². The van der Waals surface area contributed by atoms with Crippen LogP contribution in [0.1, 0.15) is 65.2 Å². The van der Waals surface area contributed by atoms with Gasteiger partial charge >= 0.3 is 0 Å². The average Bonchev–Trinajstić information content (AvgIpc) is 2.75. The van der Waals surface area contributed by atoms with E-state index < -0.39 is 0 Å². The van der Waals surface area contributed by atoms with Gasteiger partial charge in [-0.05, 0) is 53.3 Å². The monoisotopic (exact) mass is 396 g/mol. The third kappa shape index (κ3) is 5.62. The van der Waals surface area contributed by atoms with Gasteiger partial charge in [-0.15, -0.1) is 0 Å². The van der Waals surface area contributed by atoms with Crippen LogP contribution in [0.3, 0.4) is 0 Å². The molecule has 3 heteroatoms. The topological polar surface area (TPSA) is 18.5 Å². The quantitative estimate of drug-likeness (QED) is 0.228. The molecule has 0 spiro atoms. The maximum atomic E-state index is 15.0. The second-order valence-electron chi connectivity index (χ2n) is 7.74. The van der Waals surface area contributed by atoms with E-state index in [4.69, 9.17) is 9.47 Å². The van der Waals surface area contributed by atoms with E-state index in [0.29, 0.717) is 24.3 Å². The second kappa shape index (κ2) is 11.0. The summed E-state index contributed by atoms with van der Waals surface area (Å²) in [5.74, 6) is 0.943. The molecule has 29 heavy (non-hydrogen) atoms. The van der Waals surface area contributed by atoms with Crippen molar-refractivity contribution in [3.63, 3.8) is 0 Å². The zero-order chi connectivity index (χ0) is 20.5. The van der Waals surface area contributed by atoms with E-state index in [2.05, 4.69) is 13.8 Å². The largest absolute Gasteiger partial charge is 0.494 e. The molecule has 0 unspecified atom stereocenters. The molecule has 0 saturated heterocycles. The van der Waals surface area contributed by atoms with Gasteiger partial charge in [0.05, 0.1) is 13.2 Å². The molecule has 0 amide bonds. The number of ether oxygens (including phenoxy) is 2. The molecule has 156 valence electrons. The van der Waals surface area contributed by atoms with Crippen molar-refractivity contribution >= 4 is 21.5 Å². The lowest BCUT2D eigenvalue weighted by Gasteiger charge is -2.12. The van der Waals surface area contributed by atoms with Crippen molar-refractivity contribution in [1.82, 2.24) is 0 Å². The van der Waals surface area contributed by atoms with Crippen molar-refractivity contribution in [2.75, 3.05) is 13.2 Å². The molecular weight excluding hydrogens is 363 g/mol. The molecule has 3 aromatic rings. The van der Waals surface area contributed by atoms with E-state index in [-0.39, 0.29) is 5.82 Å². The van der Waals surface area contributed by atoms with Gasteiger partial charge in [0.25, 0.3) is 0 Å². The summed E-state index contributed by atoms with van der Waals surface area (Å²) >= 11 is 0. The van der Waals surface area contributed by atoms with Gasteiger partial charge in [0.15, 0.2) is 11.6 Å².